The molecule has 0 aromatic rings. The first-order chi connectivity index (χ1) is 7.52. The Morgan fingerprint density at radius 2 is 1.25 bits per heavy atom. The molecule has 2 atom stereocenters. The lowest BCUT2D eigenvalue weighted by Gasteiger charge is -2.14. The van der Waals surface area contributed by atoms with Crippen molar-refractivity contribution in [1.29, 1.82) is 0 Å². The van der Waals surface area contributed by atoms with Crippen LogP contribution in [0.2, 0.25) is 0 Å². The van der Waals surface area contributed by atoms with Crippen molar-refractivity contribution < 1.29 is 29.3 Å². The van der Waals surface area contributed by atoms with E-state index in [1.165, 1.54) is 0 Å². The van der Waals surface area contributed by atoms with Crippen molar-refractivity contribution in [3.05, 3.63) is 0 Å². The van der Waals surface area contributed by atoms with E-state index < -0.39 is 24.1 Å². The Kier molecular flexibility index (Phi) is 7.49. The van der Waals surface area contributed by atoms with Crippen LogP contribution in [0, 0.1) is 0 Å². The zero-order valence-corrected chi connectivity index (χ0v) is 9.51. The second-order valence-corrected chi connectivity index (χ2v) is 3.21. The molecule has 0 aromatic heterocycles. The minimum atomic E-state index is -1.02. The maximum atomic E-state index is 10.6. The Morgan fingerprint density at radius 1 is 0.938 bits per heavy atom. The molecule has 0 saturated heterocycles. The maximum Gasteiger partial charge on any atom is 0.332 e. The van der Waals surface area contributed by atoms with Crippen LogP contribution in [0.5, 0.6) is 0 Å². The third kappa shape index (κ3) is 5.67. The molecule has 0 aromatic carbocycles. The highest BCUT2D eigenvalue weighted by atomic mass is 16.6. The van der Waals surface area contributed by atoms with Crippen molar-refractivity contribution in [2.45, 2.75) is 38.9 Å². The van der Waals surface area contributed by atoms with Gasteiger partial charge in [0.05, 0.1) is 13.2 Å². The van der Waals surface area contributed by atoms with Gasteiger partial charge in [-0.2, -0.15) is 0 Å². The molecule has 0 saturated carbocycles. The summed E-state index contributed by atoms with van der Waals surface area (Å²) in [4.78, 5) is 21.1. The SMILES string of the molecule is CCC(OCCOC(CC)C(=O)O)C(=O)O. The molecule has 0 rings (SSSR count). The number of hydrogen-bond acceptors (Lipinski definition) is 4. The molecule has 0 aliphatic carbocycles. The average molecular weight is 234 g/mol. The van der Waals surface area contributed by atoms with Crippen molar-refractivity contribution in [3.8, 4) is 0 Å². The fraction of sp³-hybridized carbons (Fsp3) is 0.800. The lowest BCUT2D eigenvalue weighted by atomic mass is 10.3. The molecule has 2 unspecified atom stereocenters. The molecule has 0 bridgehead atoms. The van der Waals surface area contributed by atoms with Gasteiger partial charge >= 0.3 is 11.9 Å². The van der Waals surface area contributed by atoms with Gasteiger partial charge in [0, 0.05) is 0 Å². The van der Waals surface area contributed by atoms with E-state index in [1.54, 1.807) is 13.8 Å². The molecule has 0 amide bonds. The summed E-state index contributed by atoms with van der Waals surface area (Å²) in [5, 5.41) is 17.3. The standard InChI is InChI=1S/C10H18O6/c1-3-7(9(11)12)15-5-6-16-8(4-2)10(13)14/h7-8H,3-6H2,1-2H3,(H,11,12)(H,13,14). The van der Waals surface area contributed by atoms with E-state index in [9.17, 15) is 9.59 Å². The Labute approximate surface area is 94.2 Å². The summed E-state index contributed by atoms with van der Waals surface area (Å²) in [5.74, 6) is -2.04. The smallest absolute Gasteiger partial charge is 0.332 e. The zero-order chi connectivity index (χ0) is 12.6. The van der Waals surface area contributed by atoms with Gasteiger partial charge in [0.2, 0.25) is 0 Å². The molecule has 0 aliphatic heterocycles. The number of rotatable bonds is 9. The number of carboxylic acid groups (broad SMARTS) is 2. The largest absolute Gasteiger partial charge is 0.479 e. The number of carbonyl (C=O) groups is 2. The lowest BCUT2D eigenvalue weighted by molar-refractivity contribution is -0.157. The third-order valence-electron chi connectivity index (χ3n) is 2.01. The highest BCUT2D eigenvalue weighted by Crippen LogP contribution is 2.01. The van der Waals surface area contributed by atoms with Gasteiger partial charge < -0.3 is 19.7 Å². The predicted molar refractivity (Wildman–Crippen MR) is 55.3 cm³/mol. The van der Waals surface area contributed by atoms with E-state index in [0.29, 0.717) is 12.8 Å². The molecule has 0 aliphatic rings. The Hall–Kier alpha value is -1.14. The van der Waals surface area contributed by atoms with Crippen LogP contribution in [-0.4, -0.2) is 47.6 Å². The Balaban J connectivity index is 3.73. The number of hydrogen-bond donors (Lipinski definition) is 2. The summed E-state index contributed by atoms with van der Waals surface area (Å²) in [6, 6.07) is 0. The molecule has 6 heteroatoms. The number of carboxylic acids is 2. The number of aliphatic carboxylic acids is 2. The van der Waals surface area contributed by atoms with E-state index in [-0.39, 0.29) is 13.2 Å². The molecular weight excluding hydrogens is 216 g/mol. The second-order valence-electron chi connectivity index (χ2n) is 3.21. The van der Waals surface area contributed by atoms with Gasteiger partial charge in [0.1, 0.15) is 0 Å². The minimum absolute atomic E-state index is 0.0780. The average Bonchev–Trinajstić information content (AvgIpc) is 2.22. The second kappa shape index (κ2) is 8.06. The first kappa shape index (κ1) is 14.9. The summed E-state index contributed by atoms with van der Waals surface area (Å²) in [7, 11) is 0. The topological polar surface area (TPSA) is 93.1 Å². The van der Waals surface area contributed by atoms with Gasteiger partial charge in [-0.25, -0.2) is 9.59 Å². The monoisotopic (exact) mass is 234 g/mol. The van der Waals surface area contributed by atoms with E-state index >= 15 is 0 Å². The summed E-state index contributed by atoms with van der Waals surface area (Å²) in [6.45, 7) is 3.56. The van der Waals surface area contributed by atoms with E-state index in [0.717, 1.165) is 0 Å². The quantitative estimate of drug-likeness (QED) is 0.572. The van der Waals surface area contributed by atoms with Gasteiger partial charge in [-0.3, -0.25) is 0 Å². The highest BCUT2D eigenvalue weighted by Gasteiger charge is 2.17. The normalized spacial score (nSPS) is 14.4. The molecule has 0 spiro atoms. The van der Waals surface area contributed by atoms with Gasteiger partial charge in [-0.15, -0.1) is 0 Å². The van der Waals surface area contributed by atoms with Crippen LogP contribution in [0.4, 0.5) is 0 Å². The van der Waals surface area contributed by atoms with E-state index in [4.69, 9.17) is 19.7 Å². The molecule has 6 nitrogen and oxygen atoms in total. The van der Waals surface area contributed by atoms with Gasteiger partial charge in [-0.1, -0.05) is 13.8 Å². The Morgan fingerprint density at radius 3 is 1.44 bits per heavy atom. The summed E-state index contributed by atoms with van der Waals surface area (Å²) >= 11 is 0. The molecule has 0 fully saturated rings. The van der Waals surface area contributed by atoms with Crippen molar-refractivity contribution in [1.82, 2.24) is 0 Å². The molecule has 94 valence electrons. The Bertz CT molecular complexity index is 203. The van der Waals surface area contributed by atoms with Crippen molar-refractivity contribution in [3.63, 3.8) is 0 Å². The zero-order valence-electron chi connectivity index (χ0n) is 9.51. The van der Waals surface area contributed by atoms with Gasteiger partial charge in [-0.05, 0) is 12.8 Å². The fourth-order valence-electron chi connectivity index (χ4n) is 1.11. The predicted octanol–water partition coefficient (Wildman–Crippen LogP) is 0.746. The molecular formula is C10H18O6. The lowest BCUT2D eigenvalue weighted by Crippen LogP contribution is -2.28. The first-order valence-electron chi connectivity index (χ1n) is 5.21. The van der Waals surface area contributed by atoms with Crippen LogP contribution in [0.25, 0.3) is 0 Å². The van der Waals surface area contributed by atoms with Crippen LogP contribution in [0.15, 0.2) is 0 Å². The van der Waals surface area contributed by atoms with Crippen LogP contribution in [0.1, 0.15) is 26.7 Å². The molecule has 0 radical (unpaired) electrons. The van der Waals surface area contributed by atoms with Crippen LogP contribution >= 0.6 is 0 Å². The minimum Gasteiger partial charge on any atom is -0.479 e. The van der Waals surface area contributed by atoms with Crippen LogP contribution in [0.3, 0.4) is 0 Å². The van der Waals surface area contributed by atoms with Crippen LogP contribution < -0.4 is 0 Å². The van der Waals surface area contributed by atoms with Crippen LogP contribution in [-0.2, 0) is 19.1 Å². The molecule has 2 N–H and O–H groups in total. The third-order valence-corrected chi connectivity index (χ3v) is 2.01. The molecule has 0 heterocycles. The summed E-state index contributed by atoms with van der Waals surface area (Å²) in [5.41, 5.74) is 0. The van der Waals surface area contributed by atoms with Gasteiger partial charge in [0.15, 0.2) is 12.2 Å². The van der Waals surface area contributed by atoms with Crippen molar-refractivity contribution in [2.75, 3.05) is 13.2 Å². The molecule has 16 heavy (non-hydrogen) atoms. The fourth-order valence-corrected chi connectivity index (χ4v) is 1.11. The first-order valence-corrected chi connectivity index (χ1v) is 5.21. The number of ether oxygens (including phenoxy) is 2. The van der Waals surface area contributed by atoms with Gasteiger partial charge in [0.25, 0.3) is 0 Å². The maximum absolute atomic E-state index is 10.6. The highest BCUT2D eigenvalue weighted by molar-refractivity contribution is 5.72. The van der Waals surface area contributed by atoms with E-state index in [1.807, 2.05) is 0 Å². The van der Waals surface area contributed by atoms with E-state index in [2.05, 4.69) is 0 Å². The summed E-state index contributed by atoms with van der Waals surface area (Å²) < 4.78 is 10.0. The summed E-state index contributed by atoms with van der Waals surface area (Å²) in [6.07, 6.45) is -0.973. The van der Waals surface area contributed by atoms with Crippen molar-refractivity contribution in [2.24, 2.45) is 0 Å². The van der Waals surface area contributed by atoms with Crippen molar-refractivity contribution >= 4 is 11.9 Å².